The minimum Gasteiger partial charge on any atom is -0.475 e. The SMILES string of the molecule is CCC1(CC)[C@@H](OC)C[C@@H]1N(C)C(=O)c1ccc(C(=O)O)o1. The second kappa shape index (κ2) is 6.12. The third-order valence-corrected chi connectivity index (χ3v) is 5.16. The van der Waals surface area contributed by atoms with E-state index in [2.05, 4.69) is 13.8 Å². The monoisotopic (exact) mass is 309 g/mol. The predicted molar refractivity (Wildman–Crippen MR) is 80.0 cm³/mol. The van der Waals surface area contributed by atoms with Crippen LogP contribution in [-0.2, 0) is 4.74 Å². The Morgan fingerprint density at radius 3 is 2.41 bits per heavy atom. The summed E-state index contributed by atoms with van der Waals surface area (Å²) in [6, 6.07) is 2.78. The van der Waals surface area contributed by atoms with Crippen molar-refractivity contribution in [2.24, 2.45) is 5.41 Å². The van der Waals surface area contributed by atoms with E-state index >= 15 is 0 Å². The van der Waals surface area contributed by atoms with Gasteiger partial charge in [0.2, 0.25) is 5.76 Å². The van der Waals surface area contributed by atoms with Gasteiger partial charge in [0.1, 0.15) is 0 Å². The summed E-state index contributed by atoms with van der Waals surface area (Å²) in [6.07, 6.45) is 2.77. The Labute approximate surface area is 130 Å². The number of carboxylic acid groups (broad SMARTS) is 1. The molecule has 0 unspecified atom stereocenters. The highest BCUT2D eigenvalue weighted by Crippen LogP contribution is 2.51. The minimum atomic E-state index is -1.18. The number of carbonyl (C=O) groups excluding carboxylic acids is 1. The van der Waals surface area contributed by atoms with Crippen LogP contribution in [0.2, 0.25) is 0 Å². The van der Waals surface area contributed by atoms with E-state index in [1.54, 1.807) is 19.1 Å². The molecule has 6 nitrogen and oxygen atoms in total. The Morgan fingerprint density at radius 1 is 1.36 bits per heavy atom. The molecule has 1 aromatic rings. The second-order valence-corrected chi connectivity index (χ2v) is 5.80. The van der Waals surface area contributed by atoms with E-state index in [0.29, 0.717) is 0 Å². The molecule has 0 aromatic carbocycles. The van der Waals surface area contributed by atoms with E-state index in [0.717, 1.165) is 19.3 Å². The van der Waals surface area contributed by atoms with E-state index in [4.69, 9.17) is 14.3 Å². The third kappa shape index (κ3) is 2.41. The molecule has 0 bridgehead atoms. The van der Waals surface area contributed by atoms with Crippen molar-refractivity contribution in [1.29, 1.82) is 0 Å². The lowest BCUT2D eigenvalue weighted by molar-refractivity contribution is -0.147. The number of ether oxygens (including phenoxy) is 1. The van der Waals surface area contributed by atoms with E-state index in [-0.39, 0.29) is 35.0 Å². The van der Waals surface area contributed by atoms with Crippen LogP contribution in [0.25, 0.3) is 0 Å². The van der Waals surface area contributed by atoms with Crippen molar-refractivity contribution in [1.82, 2.24) is 4.90 Å². The lowest BCUT2D eigenvalue weighted by atomic mass is 9.58. The molecule has 2 atom stereocenters. The van der Waals surface area contributed by atoms with Gasteiger partial charge in [-0.15, -0.1) is 0 Å². The van der Waals surface area contributed by atoms with Crippen LogP contribution in [0, 0.1) is 5.41 Å². The number of methoxy groups -OCH3 is 1. The summed E-state index contributed by atoms with van der Waals surface area (Å²) >= 11 is 0. The standard InChI is InChI=1S/C16H23NO5/c1-5-16(6-2)12(9-13(16)21-4)17(3)14(18)10-7-8-11(22-10)15(19)20/h7-8,12-13H,5-6,9H2,1-4H3,(H,19,20)/t12-,13-/m0/s1. The molecular weight excluding hydrogens is 286 g/mol. The molecule has 22 heavy (non-hydrogen) atoms. The first-order valence-corrected chi connectivity index (χ1v) is 7.54. The van der Waals surface area contributed by atoms with Gasteiger partial charge in [0.25, 0.3) is 5.91 Å². The zero-order valence-corrected chi connectivity index (χ0v) is 13.5. The summed E-state index contributed by atoms with van der Waals surface area (Å²) in [5, 5.41) is 8.88. The van der Waals surface area contributed by atoms with Crippen LogP contribution in [0.5, 0.6) is 0 Å². The molecule has 1 amide bonds. The van der Waals surface area contributed by atoms with Crippen molar-refractivity contribution in [2.45, 2.75) is 45.3 Å². The smallest absolute Gasteiger partial charge is 0.371 e. The molecule has 1 saturated carbocycles. The zero-order chi connectivity index (χ0) is 16.5. The van der Waals surface area contributed by atoms with Gasteiger partial charge in [-0.2, -0.15) is 0 Å². The van der Waals surface area contributed by atoms with Crippen molar-refractivity contribution in [3.8, 4) is 0 Å². The molecule has 2 rings (SSSR count). The molecule has 122 valence electrons. The minimum absolute atomic E-state index is 0.0542. The fourth-order valence-electron chi connectivity index (χ4n) is 3.66. The summed E-state index contributed by atoms with van der Waals surface area (Å²) in [5.41, 5.74) is -0.0542. The highest BCUT2D eigenvalue weighted by molar-refractivity contribution is 5.93. The number of rotatable bonds is 6. The van der Waals surface area contributed by atoms with Crippen LogP contribution in [0.3, 0.4) is 0 Å². The zero-order valence-electron chi connectivity index (χ0n) is 13.5. The topological polar surface area (TPSA) is 80.0 Å². The largest absolute Gasteiger partial charge is 0.475 e. The quantitative estimate of drug-likeness (QED) is 0.873. The molecule has 1 fully saturated rings. The highest BCUT2D eigenvalue weighted by atomic mass is 16.5. The van der Waals surface area contributed by atoms with Crippen LogP contribution >= 0.6 is 0 Å². The summed E-state index contributed by atoms with van der Waals surface area (Å²) < 4.78 is 10.7. The molecule has 0 saturated heterocycles. The highest BCUT2D eigenvalue weighted by Gasteiger charge is 2.55. The third-order valence-electron chi connectivity index (χ3n) is 5.16. The van der Waals surface area contributed by atoms with E-state index < -0.39 is 5.97 Å². The van der Waals surface area contributed by atoms with Crippen LogP contribution in [-0.4, -0.2) is 48.2 Å². The average molecular weight is 309 g/mol. The first-order chi connectivity index (χ1) is 10.4. The number of hydrogen-bond donors (Lipinski definition) is 1. The van der Waals surface area contributed by atoms with Crippen molar-refractivity contribution in [2.75, 3.05) is 14.2 Å². The molecule has 0 aliphatic heterocycles. The van der Waals surface area contributed by atoms with Crippen LogP contribution in [0.4, 0.5) is 0 Å². The molecule has 1 aliphatic carbocycles. The number of furan rings is 1. The Balaban J connectivity index is 2.18. The van der Waals surface area contributed by atoms with E-state index in [9.17, 15) is 9.59 Å². The molecule has 1 heterocycles. The fraction of sp³-hybridized carbons (Fsp3) is 0.625. The van der Waals surface area contributed by atoms with E-state index in [1.807, 2.05) is 0 Å². The van der Waals surface area contributed by atoms with Crippen molar-refractivity contribution in [3.05, 3.63) is 23.7 Å². The Morgan fingerprint density at radius 2 is 1.95 bits per heavy atom. The Hall–Kier alpha value is -1.82. The summed E-state index contributed by atoms with van der Waals surface area (Å²) in [7, 11) is 3.44. The molecule has 1 aliphatic rings. The molecule has 6 heteroatoms. The van der Waals surface area contributed by atoms with Gasteiger partial charge in [-0.25, -0.2) is 4.79 Å². The van der Waals surface area contributed by atoms with Crippen molar-refractivity contribution < 1.29 is 23.8 Å². The number of aromatic carboxylic acids is 1. The molecule has 0 radical (unpaired) electrons. The lowest BCUT2D eigenvalue weighted by Crippen LogP contribution is -2.64. The van der Waals surface area contributed by atoms with Crippen LogP contribution < -0.4 is 0 Å². The average Bonchev–Trinajstić information content (AvgIpc) is 2.97. The molecule has 1 aromatic heterocycles. The first kappa shape index (κ1) is 16.5. The van der Waals surface area contributed by atoms with Gasteiger partial charge in [-0.1, -0.05) is 13.8 Å². The maximum absolute atomic E-state index is 12.5. The van der Waals surface area contributed by atoms with Gasteiger partial charge < -0.3 is 19.2 Å². The van der Waals surface area contributed by atoms with Gasteiger partial charge in [0, 0.05) is 25.6 Å². The Kier molecular flexibility index (Phi) is 4.60. The maximum atomic E-state index is 12.5. The predicted octanol–water partition coefficient (Wildman–Crippen LogP) is 2.64. The van der Waals surface area contributed by atoms with Gasteiger partial charge in [0.15, 0.2) is 5.76 Å². The van der Waals surface area contributed by atoms with Crippen LogP contribution in [0.15, 0.2) is 16.5 Å². The number of amides is 1. The number of nitrogens with zero attached hydrogens (tertiary/aromatic N) is 1. The summed E-state index contributed by atoms with van der Waals surface area (Å²) in [6.45, 7) is 4.21. The normalized spacial score (nSPS) is 22.9. The van der Waals surface area contributed by atoms with Crippen molar-refractivity contribution >= 4 is 11.9 Å². The van der Waals surface area contributed by atoms with E-state index in [1.165, 1.54) is 12.1 Å². The van der Waals surface area contributed by atoms with Gasteiger partial charge in [-0.05, 0) is 31.4 Å². The number of hydrogen-bond acceptors (Lipinski definition) is 4. The fourth-order valence-corrected chi connectivity index (χ4v) is 3.66. The molecular formula is C16H23NO5. The lowest BCUT2D eigenvalue weighted by Gasteiger charge is -2.57. The van der Waals surface area contributed by atoms with Gasteiger partial charge in [-0.3, -0.25) is 4.79 Å². The second-order valence-electron chi connectivity index (χ2n) is 5.80. The summed E-state index contributed by atoms with van der Waals surface area (Å²) in [5.74, 6) is -1.64. The molecule has 0 spiro atoms. The summed E-state index contributed by atoms with van der Waals surface area (Å²) in [4.78, 5) is 25.0. The van der Waals surface area contributed by atoms with Crippen LogP contribution in [0.1, 0.15) is 54.2 Å². The van der Waals surface area contributed by atoms with Gasteiger partial charge in [0.05, 0.1) is 6.10 Å². The number of carboxylic acids is 1. The Bertz CT molecular complexity index is 561. The van der Waals surface area contributed by atoms with Gasteiger partial charge >= 0.3 is 5.97 Å². The maximum Gasteiger partial charge on any atom is 0.371 e. The van der Waals surface area contributed by atoms with Crippen molar-refractivity contribution in [3.63, 3.8) is 0 Å². The number of carbonyl (C=O) groups is 2. The first-order valence-electron chi connectivity index (χ1n) is 7.54. The molecule has 1 N–H and O–H groups in total.